The molecule has 134 valence electrons. The molecule has 27 heavy (non-hydrogen) atoms. The fraction of sp³-hybridized carbons (Fsp3) is 0.100. The maximum atomic E-state index is 12.2. The molecule has 0 aliphatic rings. The molecule has 0 saturated heterocycles. The second-order valence-electron chi connectivity index (χ2n) is 5.69. The lowest BCUT2D eigenvalue weighted by atomic mass is 10.1. The Hall–Kier alpha value is -3.43. The third kappa shape index (κ3) is 4.22. The predicted octanol–water partition coefficient (Wildman–Crippen LogP) is 3.97. The van der Waals surface area contributed by atoms with E-state index in [2.05, 4.69) is 20.5 Å². The molecule has 0 unspecified atom stereocenters. The van der Waals surface area contributed by atoms with Gasteiger partial charge in [-0.05, 0) is 29.7 Å². The second-order valence-corrected chi connectivity index (χ2v) is 6.10. The second kappa shape index (κ2) is 8.30. The largest absolute Gasteiger partial charge is 0.290 e. The summed E-state index contributed by atoms with van der Waals surface area (Å²) >= 11 is 6.11. The highest BCUT2D eigenvalue weighted by Crippen LogP contribution is 2.20. The molecule has 0 fully saturated rings. The molecular weight excluding hydrogens is 362 g/mol. The minimum Gasteiger partial charge on any atom is -0.290 e. The first-order valence-corrected chi connectivity index (χ1v) is 8.67. The molecule has 0 bridgehead atoms. The van der Waals surface area contributed by atoms with Crippen molar-refractivity contribution in [2.45, 2.75) is 13.3 Å². The van der Waals surface area contributed by atoms with Crippen LogP contribution in [0.5, 0.6) is 0 Å². The Morgan fingerprint density at radius 3 is 2.78 bits per heavy atom. The molecule has 1 heterocycles. The van der Waals surface area contributed by atoms with Crippen LogP contribution in [-0.4, -0.2) is 16.2 Å². The van der Waals surface area contributed by atoms with Crippen LogP contribution in [0.25, 0.3) is 11.3 Å². The maximum absolute atomic E-state index is 12.2. The summed E-state index contributed by atoms with van der Waals surface area (Å²) in [6.07, 6.45) is 2.43. The Labute approximate surface area is 161 Å². The van der Waals surface area contributed by atoms with Gasteiger partial charge in [0, 0.05) is 10.6 Å². The van der Waals surface area contributed by atoms with Gasteiger partial charge >= 0.3 is 0 Å². The Balaban J connectivity index is 1.89. The van der Waals surface area contributed by atoms with Crippen LogP contribution in [0.4, 0.5) is 5.95 Å². The van der Waals surface area contributed by atoms with Crippen LogP contribution in [0, 0.1) is 11.3 Å². The summed E-state index contributed by atoms with van der Waals surface area (Å²) < 4.78 is 0. The van der Waals surface area contributed by atoms with Crippen molar-refractivity contribution in [3.63, 3.8) is 0 Å². The molecular formula is C20H16ClN5O. The summed E-state index contributed by atoms with van der Waals surface area (Å²) in [7, 11) is 0. The number of nitrogens with one attached hydrogen (secondary N) is 2. The van der Waals surface area contributed by atoms with E-state index in [9.17, 15) is 10.1 Å². The normalized spacial score (nSPS) is 10.7. The van der Waals surface area contributed by atoms with Crippen molar-refractivity contribution in [1.29, 1.82) is 5.26 Å². The van der Waals surface area contributed by atoms with Crippen LogP contribution < -0.4 is 11.0 Å². The number of halogens is 1. The number of aromatic nitrogens is 2. The highest BCUT2D eigenvalue weighted by Gasteiger charge is 2.12. The molecule has 0 saturated carbocycles. The van der Waals surface area contributed by atoms with Crippen LogP contribution in [-0.2, 0) is 6.42 Å². The summed E-state index contributed by atoms with van der Waals surface area (Å²) in [4.78, 5) is 19.0. The Morgan fingerprint density at radius 1 is 1.30 bits per heavy atom. The number of aryl methyl sites for hydroxylation is 1. The molecule has 0 aliphatic heterocycles. The molecule has 7 heteroatoms. The van der Waals surface area contributed by atoms with E-state index in [1.165, 1.54) is 0 Å². The molecule has 1 aromatic heterocycles. The zero-order valence-corrected chi connectivity index (χ0v) is 15.3. The Bertz CT molecular complexity index is 1080. The third-order valence-electron chi connectivity index (χ3n) is 3.91. The van der Waals surface area contributed by atoms with Crippen molar-refractivity contribution in [2.75, 3.05) is 5.43 Å². The van der Waals surface area contributed by atoms with Gasteiger partial charge in [-0.25, -0.2) is 10.4 Å². The van der Waals surface area contributed by atoms with Gasteiger partial charge in [-0.15, -0.1) is 0 Å². The first kappa shape index (κ1) is 18.4. The van der Waals surface area contributed by atoms with Crippen LogP contribution in [0.1, 0.15) is 23.6 Å². The van der Waals surface area contributed by atoms with Crippen LogP contribution in [0.2, 0.25) is 5.02 Å². The molecule has 0 aliphatic carbocycles. The lowest BCUT2D eigenvalue weighted by Crippen LogP contribution is -2.16. The minimum absolute atomic E-state index is 0.0407. The number of H-pyrrole nitrogens is 1. The lowest BCUT2D eigenvalue weighted by molar-refractivity contribution is 1.08. The minimum atomic E-state index is -0.524. The Morgan fingerprint density at radius 2 is 2.07 bits per heavy atom. The van der Waals surface area contributed by atoms with Gasteiger partial charge in [-0.3, -0.25) is 9.78 Å². The van der Waals surface area contributed by atoms with Gasteiger partial charge in [-0.1, -0.05) is 54.9 Å². The molecule has 0 radical (unpaired) electrons. The summed E-state index contributed by atoms with van der Waals surface area (Å²) in [6, 6.07) is 16.6. The molecule has 0 spiro atoms. The van der Waals surface area contributed by atoms with Crippen molar-refractivity contribution >= 4 is 23.8 Å². The number of hydrogen-bond acceptors (Lipinski definition) is 5. The van der Waals surface area contributed by atoms with E-state index in [-0.39, 0.29) is 11.5 Å². The average molecular weight is 378 g/mol. The third-order valence-corrected chi connectivity index (χ3v) is 4.28. The standard InChI is InChI=1S/C20H16ClN5O/c1-2-14-10-13(8-9-17(14)21)12-23-26-20-24-18(15-6-4-3-5-7-15)16(11-22)19(27)25-20/h3-10,12H,2H2,1H3,(H2,24,25,26,27). The van der Waals surface area contributed by atoms with Crippen molar-refractivity contribution in [1.82, 2.24) is 9.97 Å². The number of aromatic amines is 1. The van der Waals surface area contributed by atoms with Gasteiger partial charge < -0.3 is 0 Å². The summed E-state index contributed by atoms with van der Waals surface area (Å²) in [5, 5.41) is 14.1. The van der Waals surface area contributed by atoms with E-state index in [0.29, 0.717) is 16.3 Å². The van der Waals surface area contributed by atoms with Crippen LogP contribution in [0.3, 0.4) is 0 Å². The van der Waals surface area contributed by atoms with Crippen LogP contribution in [0.15, 0.2) is 58.4 Å². The topological polar surface area (TPSA) is 93.9 Å². The first-order valence-electron chi connectivity index (χ1n) is 8.29. The molecule has 0 atom stereocenters. The number of hydrogen-bond donors (Lipinski definition) is 2. The lowest BCUT2D eigenvalue weighted by Gasteiger charge is -2.06. The van der Waals surface area contributed by atoms with Gasteiger partial charge in [0.25, 0.3) is 5.56 Å². The van der Waals surface area contributed by atoms with E-state index in [4.69, 9.17) is 11.6 Å². The quantitative estimate of drug-likeness (QED) is 0.519. The number of benzene rings is 2. The van der Waals surface area contributed by atoms with Gasteiger partial charge in [0.15, 0.2) is 0 Å². The predicted molar refractivity (Wildman–Crippen MR) is 107 cm³/mol. The number of anilines is 1. The van der Waals surface area contributed by atoms with Crippen molar-refractivity contribution in [3.05, 3.63) is 80.6 Å². The number of rotatable bonds is 5. The average Bonchev–Trinajstić information content (AvgIpc) is 2.69. The highest BCUT2D eigenvalue weighted by atomic mass is 35.5. The van der Waals surface area contributed by atoms with Crippen LogP contribution >= 0.6 is 11.6 Å². The zero-order valence-electron chi connectivity index (χ0n) is 14.5. The van der Waals surface area contributed by atoms with E-state index in [0.717, 1.165) is 17.5 Å². The smallest absolute Gasteiger partial charge is 0.270 e. The fourth-order valence-corrected chi connectivity index (χ4v) is 2.80. The molecule has 0 amide bonds. The van der Waals surface area contributed by atoms with Gasteiger partial charge in [0.05, 0.1) is 11.9 Å². The van der Waals surface area contributed by atoms with Crippen molar-refractivity contribution in [2.24, 2.45) is 5.10 Å². The molecule has 2 N–H and O–H groups in total. The number of nitrogens with zero attached hydrogens (tertiary/aromatic N) is 3. The maximum Gasteiger partial charge on any atom is 0.270 e. The van der Waals surface area contributed by atoms with E-state index in [1.54, 1.807) is 18.3 Å². The number of hydrazone groups is 1. The number of nitriles is 1. The van der Waals surface area contributed by atoms with E-state index in [1.807, 2.05) is 49.4 Å². The first-order chi connectivity index (χ1) is 13.1. The van der Waals surface area contributed by atoms with Crippen molar-refractivity contribution in [3.8, 4) is 17.3 Å². The Kier molecular flexibility index (Phi) is 5.64. The summed E-state index contributed by atoms with van der Waals surface area (Å²) in [5.74, 6) is 0.152. The SMILES string of the molecule is CCc1cc(C=NNc2nc(-c3ccccc3)c(C#N)c(=O)[nH]2)ccc1Cl. The summed E-state index contributed by atoms with van der Waals surface area (Å²) in [6.45, 7) is 2.02. The highest BCUT2D eigenvalue weighted by molar-refractivity contribution is 6.31. The van der Waals surface area contributed by atoms with E-state index < -0.39 is 5.56 Å². The van der Waals surface area contributed by atoms with E-state index >= 15 is 0 Å². The molecule has 6 nitrogen and oxygen atoms in total. The monoisotopic (exact) mass is 377 g/mol. The molecule has 2 aromatic carbocycles. The van der Waals surface area contributed by atoms with Gasteiger partial charge in [0.1, 0.15) is 11.6 Å². The zero-order chi connectivity index (χ0) is 19.2. The molecule has 3 aromatic rings. The summed E-state index contributed by atoms with van der Waals surface area (Å²) in [5.41, 5.74) is 5.01. The molecule has 3 rings (SSSR count). The van der Waals surface area contributed by atoms with Gasteiger partial charge in [-0.2, -0.15) is 10.4 Å². The fourth-order valence-electron chi connectivity index (χ4n) is 2.55. The van der Waals surface area contributed by atoms with Crippen molar-refractivity contribution < 1.29 is 0 Å². The van der Waals surface area contributed by atoms with Gasteiger partial charge in [0.2, 0.25) is 5.95 Å².